The molecule has 3 aromatic rings. The molecule has 1 N–H and O–H groups in total. The van der Waals surface area contributed by atoms with Crippen molar-refractivity contribution in [1.82, 2.24) is 5.32 Å². The number of amides is 1. The van der Waals surface area contributed by atoms with Crippen LogP contribution in [0.25, 0.3) is 0 Å². The molecule has 0 saturated carbocycles. The van der Waals surface area contributed by atoms with Crippen molar-refractivity contribution in [3.63, 3.8) is 0 Å². The molecule has 0 aliphatic carbocycles. The molecule has 0 fully saturated rings. The number of Topliss-reactive ketones (excluding diaryl/α,β-unsaturated/α-hetero) is 2. The van der Waals surface area contributed by atoms with Crippen LogP contribution in [0.1, 0.15) is 69.6 Å². The van der Waals surface area contributed by atoms with Crippen LogP contribution in [0.2, 0.25) is 0 Å². The zero-order valence-corrected chi connectivity index (χ0v) is 28.1. The minimum absolute atomic E-state index is 0.0126. The van der Waals surface area contributed by atoms with Crippen LogP contribution in [-0.2, 0) is 14.4 Å². The fourth-order valence-corrected chi connectivity index (χ4v) is 5.34. The fourth-order valence-electron chi connectivity index (χ4n) is 5.34. The van der Waals surface area contributed by atoms with Crippen molar-refractivity contribution in [1.29, 1.82) is 0 Å². The number of aldehydes is 3. The molecule has 0 atom stereocenters. The van der Waals surface area contributed by atoms with Crippen LogP contribution < -0.4 is 20.0 Å². The van der Waals surface area contributed by atoms with Gasteiger partial charge in [0.1, 0.15) is 30.4 Å². The lowest BCUT2D eigenvalue weighted by Crippen LogP contribution is -2.38. The van der Waals surface area contributed by atoms with Gasteiger partial charge >= 0.3 is 0 Å². The third-order valence-electron chi connectivity index (χ3n) is 8.37. The Morgan fingerprint density at radius 3 is 1.23 bits per heavy atom. The van der Waals surface area contributed by atoms with Crippen molar-refractivity contribution < 1.29 is 28.8 Å². The van der Waals surface area contributed by atoms with Crippen LogP contribution in [0.4, 0.5) is 17.1 Å². The summed E-state index contributed by atoms with van der Waals surface area (Å²) in [4.78, 5) is 78.2. The molecule has 254 valence electrons. The van der Waals surface area contributed by atoms with Gasteiger partial charge in [-0.15, -0.1) is 0 Å². The third-order valence-corrected chi connectivity index (χ3v) is 8.37. The van der Waals surface area contributed by atoms with E-state index in [1.54, 1.807) is 36.4 Å². The molecule has 0 heterocycles. The van der Waals surface area contributed by atoms with Gasteiger partial charge < -0.3 is 20.0 Å². The fraction of sp³-hybridized carbons (Fsp3) is 0.368. The Hall–Kier alpha value is -5.12. The number of likely N-dealkylation sites (N-methyl/N-ethyl adjacent to an activating group) is 1. The summed E-state index contributed by atoms with van der Waals surface area (Å²) in [6.45, 7) is 2.06. The number of ketones is 2. The van der Waals surface area contributed by atoms with Gasteiger partial charge in [0.2, 0.25) is 5.91 Å². The lowest BCUT2D eigenvalue weighted by molar-refractivity contribution is -0.132. The first kappa shape index (κ1) is 37.3. The van der Waals surface area contributed by atoms with Gasteiger partial charge in [0, 0.05) is 107 Å². The Balaban J connectivity index is 1.53. The molecule has 0 spiro atoms. The number of rotatable bonds is 22. The van der Waals surface area contributed by atoms with Crippen molar-refractivity contribution in [3.8, 4) is 0 Å². The van der Waals surface area contributed by atoms with Crippen molar-refractivity contribution in [2.24, 2.45) is 5.92 Å². The molecular weight excluding hydrogens is 608 g/mol. The molecule has 10 heteroatoms. The first-order valence-electron chi connectivity index (χ1n) is 16.2. The Labute approximate surface area is 283 Å². The molecule has 1 amide bonds. The molecule has 0 aromatic heterocycles. The normalized spacial score (nSPS) is 10.7. The van der Waals surface area contributed by atoms with E-state index >= 15 is 0 Å². The Morgan fingerprint density at radius 1 is 0.562 bits per heavy atom. The summed E-state index contributed by atoms with van der Waals surface area (Å²) in [5.74, 6) is -1.22. The van der Waals surface area contributed by atoms with Crippen LogP contribution >= 0.6 is 0 Å². The van der Waals surface area contributed by atoms with E-state index in [9.17, 15) is 28.8 Å². The number of nitrogens with one attached hydrogen (secondary N) is 1. The zero-order valence-electron chi connectivity index (χ0n) is 28.1. The molecule has 48 heavy (non-hydrogen) atoms. The maximum atomic E-state index is 13.3. The first-order chi connectivity index (χ1) is 23.1. The van der Waals surface area contributed by atoms with E-state index in [4.69, 9.17) is 0 Å². The lowest BCUT2D eigenvalue weighted by Gasteiger charge is -2.22. The average Bonchev–Trinajstić information content (AvgIpc) is 3.11. The Bertz CT molecular complexity index is 1430. The molecule has 0 aliphatic rings. The highest BCUT2D eigenvalue weighted by Gasteiger charge is 2.24. The number of carbonyl (C=O) groups excluding carboxylic acids is 6. The average molecular weight is 655 g/mol. The topological polar surface area (TPSA) is 124 Å². The van der Waals surface area contributed by atoms with Gasteiger partial charge in [-0.05, 0) is 85.6 Å². The van der Waals surface area contributed by atoms with Gasteiger partial charge in [-0.2, -0.15) is 0 Å². The van der Waals surface area contributed by atoms with Crippen LogP contribution in [0, 0.1) is 5.92 Å². The second-order valence-corrected chi connectivity index (χ2v) is 12.1. The largest absolute Gasteiger partial charge is 0.375 e. The summed E-state index contributed by atoms with van der Waals surface area (Å²) < 4.78 is 0. The number of benzene rings is 3. The minimum Gasteiger partial charge on any atom is -0.375 e. The van der Waals surface area contributed by atoms with Crippen LogP contribution in [0.5, 0.6) is 0 Å². The summed E-state index contributed by atoms with van der Waals surface area (Å²) in [7, 11) is 5.72. The Kier molecular flexibility index (Phi) is 15.2. The molecule has 3 rings (SSSR count). The number of hydrogen-bond donors (Lipinski definition) is 1. The second kappa shape index (κ2) is 19.5. The molecule has 3 aromatic carbocycles. The summed E-state index contributed by atoms with van der Waals surface area (Å²) in [5.41, 5.74) is 4.54. The first-order valence-corrected chi connectivity index (χ1v) is 16.2. The van der Waals surface area contributed by atoms with Gasteiger partial charge in [-0.1, -0.05) is 0 Å². The van der Waals surface area contributed by atoms with E-state index in [0.29, 0.717) is 55.7 Å². The van der Waals surface area contributed by atoms with E-state index in [2.05, 4.69) is 5.32 Å². The standard InChI is InChI=1S/C38H46N4O6/c1-40(33-14-8-29(26-43)9-15-33)21-4-6-36(46)24-32(38(48)39-20-23-42(3)35-18-12-31(28-45)13-19-35)25-37(47)7-5-22-41(2)34-16-10-30(27-44)11-17-34/h8-19,26-28,32H,4-7,20-25H2,1-3H3,(H,39,48). The van der Waals surface area contributed by atoms with E-state index in [0.717, 1.165) is 35.9 Å². The predicted molar refractivity (Wildman–Crippen MR) is 190 cm³/mol. The highest BCUT2D eigenvalue weighted by atomic mass is 16.2. The van der Waals surface area contributed by atoms with Crippen molar-refractivity contribution >= 4 is 53.4 Å². The summed E-state index contributed by atoms with van der Waals surface area (Å²) in [6.07, 6.45) is 4.07. The molecule has 0 bridgehead atoms. The molecule has 0 unspecified atom stereocenters. The number of carbonyl (C=O) groups is 6. The maximum Gasteiger partial charge on any atom is 0.224 e. The van der Waals surface area contributed by atoms with Gasteiger partial charge in [0.05, 0.1) is 5.92 Å². The van der Waals surface area contributed by atoms with E-state index in [1.165, 1.54) is 0 Å². The van der Waals surface area contributed by atoms with Gasteiger partial charge in [0.15, 0.2) is 0 Å². The highest BCUT2D eigenvalue weighted by molar-refractivity contribution is 5.91. The van der Waals surface area contributed by atoms with E-state index in [1.807, 2.05) is 72.2 Å². The summed E-state index contributed by atoms with van der Waals surface area (Å²) in [6, 6.07) is 21.5. The SMILES string of the molecule is CN(CCCC(=O)CC(CC(=O)CCCN(C)c1ccc(C=O)cc1)C(=O)NCCN(C)c1ccc(C=O)cc1)c1ccc(C=O)cc1. The highest BCUT2D eigenvalue weighted by Crippen LogP contribution is 2.19. The quantitative estimate of drug-likeness (QED) is 0.148. The number of nitrogens with zero attached hydrogens (tertiary/aromatic N) is 3. The second-order valence-electron chi connectivity index (χ2n) is 12.1. The van der Waals surface area contributed by atoms with Crippen LogP contribution in [0.3, 0.4) is 0 Å². The molecular formula is C38H46N4O6. The molecule has 0 saturated heterocycles. The summed E-state index contributed by atoms with van der Waals surface area (Å²) in [5, 5.41) is 2.92. The van der Waals surface area contributed by atoms with Gasteiger partial charge in [-0.3, -0.25) is 28.8 Å². The number of anilines is 3. The lowest BCUT2D eigenvalue weighted by atomic mass is 9.92. The van der Waals surface area contributed by atoms with Gasteiger partial charge in [-0.25, -0.2) is 0 Å². The molecule has 10 nitrogen and oxygen atoms in total. The number of hydrogen-bond acceptors (Lipinski definition) is 9. The van der Waals surface area contributed by atoms with Crippen molar-refractivity contribution in [2.45, 2.75) is 38.5 Å². The smallest absolute Gasteiger partial charge is 0.224 e. The predicted octanol–water partition coefficient (Wildman–Crippen LogP) is 5.04. The monoisotopic (exact) mass is 654 g/mol. The third kappa shape index (κ3) is 12.2. The van der Waals surface area contributed by atoms with Crippen LogP contribution in [0.15, 0.2) is 72.8 Å². The minimum atomic E-state index is -0.760. The zero-order chi connectivity index (χ0) is 34.9. The van der Waals surface area contributed by atoms with Crippen LogP contribution in [-0.4, -0.2) is 83.7 Å². The molecule has 0 radical (unpaired) electrons. The molecule has 0 aliphatic heterocycles. The maximum absolute atomic E-state index is 13.3. The van der Waals surface area contributed by atoms with Crippen molar-refractivity contribution in [2.75, 3.05) is 62.0 Å². The van der Waals surface area contributed by atoms with E-state index in [-0.39, 0.29) is 43.2 Å². The summed E-state index contributed by atoms with van der Waals surface area (Å²) >= 11 is 0. The Morgan fingerprint density at radius 2 is 0.896 bits per heavy atom. The van der Waals surface area contributed by atoms with Gasteiger partial charge in [0.25, 0.3) is 0 Å². The van der Waals surface area contributed by atoms with Crippen molar-refractivity contribution in [3.05, 3.63) is 89.5 Å². The van der Waals surface area contributed by atoms with E-state index < -0.39 is 5.92 Å².